The Morgan fingerprint density at radius 3 is 2.33 bits per heavy atom. The molecule has 21 heavy (non-hydrogen) atoms. The van der Waals surface area contributed by atoms with Crippen LogP contribution in [-0.4, -0.2) is 11.8 Å². The summed E-state index contributed by atoms with van der Waals surface area (Å²) in [5.41, 5.74) is 6.16. The fourth-order valence-electron chi connectivity index (χ4n) is 2.81. The lowest BCUT2D eigenvalue weighted by molar-refractivity contribution is -0.129. The molecule has 2 amide bonds. The summed E-state index contributed by atoms with van der Waals surface area (Å²) in [6, 6.07) is 9.86. The van der Waals surface area contributed by atoms with Crippen LogP contribution in [0.1, 0.15) is 50.5 Å². The molecule has 1 aliphatic rings. The first-order valence-electron chi connectivity index (χ1n) is 7.85. The molecule has 114 valence electrons. The molecule has 2 rings (SSSR count). The van der Waals surface area contributed by atoms with Gasteiger partial charge in [-0.2, -0.15) is 0 Å². The summed E-state index contributed by atoms with van der Waals surface area (Å²) in [7, 11) is 0. The number of carbonyl (C=O) groups is 2. The molecule has 0 heterocycles. The van der Waals surface area contributed by atoms with E-state index in [-0.39, 0.29) is 11.8 Å². The van der Waals surface area contributed by atoms with Gasteiger partial charge in [0.2, 0.25) is 11.8 Å². The molecule has 0 radical (unpaired) electrons. The number of amides is 2. The maximum absolute atomic E-state index is 11.8. The number of nitrogens with one attached hydrogen (secondary N) is 2. The van der Waals surface area contributed by atoms with E-state index in [0.29, 0.717) is 25.2 Å². The quantitative estimate of drug-likeness (QED) is 0.818. The van der Waals surface area contributed by atoms with Gasteiger partial charge in [0.1, 0.15) is 0 Å². The summed E-state index contributed by atoms with van der Waals surface area (Å²) in [4.78, 5) is 23.5. The number of hydrazine groups is 1. The second kappa shape index (κ2) is 8.45. The van der Waals surface area contributed by atoms with Crippen molar-refractivity contribution in [3.8, 4) is 0 Å². The van der Waals surface area contributed by atoms with Gasteiger partial charge in [-0.1, -0.05) is 49.6 Å². The SMILES string of the molecule is O=C(CCc1ccccc1)NNC(=O)CC1CCCCC1. The number of carbonyl (C=O) groups excluding carboxylic acids is 2. The second-order valence-electron chi connectivity index (χ2n) is 5.79. The van der Waals surface area contributed by atoms with Crippen LogP contribution in [0, 0.1) is 5.92 Å². The fraction of sp³-hybridized carbons (Fsp3) is 0.529. The zero-order valence-electron chi connectivity index (χ0n) is 12.4. The van der Waals surface area contributed by atoms with Crippen molar-refractivity contribution < 1.29 is 9.59 Å². The number of benzene rings is 1. The van der Waals surface area contributed by atoms with Gasteiger partial charge in [-0.15, -0.1) is 0 Å². The molecular weight excluding hydrogens is 264 g/mol. The van der Waals surface area contributed by atoms with Crippen molar-refractivity contribution in [3.05, 3.63) is 35.9 Å². The number of hydrogen-bond donors (Lipinski definition) is 2. The molecule has 1 saturated carbocycles. The Hall–Kier alpha value is -1.84. The summed E-state index contributed by atoms with van der Waals surface area (Å²) in [5, 5.41) is 0. The molecular formula is C17H24N2O2. The van der Waals surface area contributed by atoms with Crippen molar-refractivity contribution in [1.82, 2.24) is 10.9 Å². The highest BCUT2D eigenvalue weighted by Crippen LogP contribution is 2.25. The van der Waals surface area contributed by atoms with Gasteiger partial charge in [0.25, 0.3) is 0 Å². The first kappa shape index (κ1) is 15.5. The average molecular weight is 288 g/mol. The van der Waals surface area contributed by atoms with Gasteiger partial charge in [-0.3, -0.25) is 20.4 Å². The van der Waals surface area contributed by atoms with Crippen LogP contribution in [0.5, 0.6) is 0 Å². The van der Waals surface area contributed by atoms with E-state index in [9.17, 15) is 9.59 Å². The minimum absolute atomic E-state index is 0.0741. The third-order valence-electron chi connectivity index (χ3n) is 4.02. The fourth-order valence-corrected chi connectivity index (χ4v) is 2.81. The van der Waals surface area contributed by atoms with Gasteiger partial charge in [-0.25, -0.2) is 0 Å². The zero-order valence-corrected chi connectivity index (χ0v) is 12.4. The number of aryl methyl sites for hydroxylation is 1. The Balaban J connectivity index is 1.60. The minimum Gasteiger partial charge on any atom is -0.273 e. The molecule has 0 atom stereocenters. The topological polar surface area (TPSA) is 58.2 Å². The van der Waals surface area contributed by atoms with Gasteiger partial charge in [0.15, 0.2) is 0 Å². The van der Waals surface area contributed by atoms with E-state index in [0.717, 1.165) is 18.4 Å². The summed E-state index contributed by atoms with van der Waals surface area (Å²) in [6.07, 6.45) is 7.60. The van der Waals surface area contributed by atoms with Gasteiger partial charge in [0.05, 0.1) is 0 Å². The maximum Gasteiger partial charge on any atom is 0.238 e. The van der Waals surface area contributed by atoms with E-state index in [4.69, 9.17) is 0 Å². The molecule has 0 bridgehead atoms. The lowest BCUT2D eigenvalue weighted by atomic mass is 9.87. The standard InChI is InChI=1S/C17H24N2O2/c20-16(12-11-14-7-3-1-4-8-14)18-19-17(21)13-15-9-5-2-6-10-15/h1,3-4,7-8,15H,2,5-6,9-13H2,(H,18,20)(H,19,21). The van der Waals surface area contributed by atoms with Crippen molar-refractivity contribution in [3.63, 3.8) is 0 Å². The molecule has 0 aliphatic heterocycles. The lowest BCUT2D eigenvalue weighted by Gasteiger charge is -2.20. The van der Waals surface area contributed by atoms with Crippen molar-refractivity contribution >= 4 is 11.8 Å². The first-order chi connectivity index (χ1) is 10.2. The Kier molecular flexibility index (Phi) is 6.25. The normalized spacial score (nSPS) is 15.4. The van der Waals surface area contributed by atoms with Gasteiger partial charge < -0.3 is 0 Å². The number of rotatable bonds is 5. The molecule has 2 N–H and O–H groups in total. The van der Waals surface area contributed by atoms with Crippen LogP contribution in [0.2, 0.25) is 0 Å². The molecule has 1 aromatic carbocycles. The van der Waals surface area contributed by atoms with Crippen LogP contribution in [0.25, 0.3) is 0 Å². The molecule has 1 fully saturated rings. The molecule has 0 unspecified atom stereocenters. The smallest absolute Gasteiger partial charge is 0.238 e. The first-order valence-corrected chi connectivity index (χ1v) is 7.85. The molecule has 0 saturated heterocycles. The highest BCUT2D eigenvalue weighted by molar-refractivity contribution is 5.82. The number of hydrogen-bond acceptors (Lipinski definition) is 2. The molecule has 4 heteroatoms. The molecule has 4 nitrogen and oxygen atoms in total. The van der Waals surface area contributed by atoms with Crippen molar-refractivity contribution in [2.24, 2.45) is 5.92 Å². The Labute approximate surface area is 126 Å². The van der Waals surface area contributed by atoms with Gasteiger partial charge in [0, 0.05) is 12.8 Å². The molecule has 1 aromatic rings. The van der Waals surface area contributed by atoms with E-state index in [1.807, 2.05) is 30.3 Å². The Bertz CT molecular complexity index is 453. The summed E-state index contributed by atoms with van der Waals surface area (Å²) in [5.74, 6) is 0.269. The molecule has 0 spiro atoms. The third kappa shape index (κ3) is 5.98. The van der Waals surface area contributed by atoms with Gasteiger partial charge >= 0.3 is 0 Å². The summed E-state index contributed by atoms with van der Waals surface area (Å²) in [6.45, 7) is 0. The van der Waals surface area contributed by atoms with Crippen LogP contribution in [-0.2, 0) is 16.0 Å². The summed E-state index contributed by atoms with van der Waals surface area (Å²) < 4.78 is 0. The van der Waals surface area contributed by atoms with Gasteiger partial charge in [-0.05, 0) is 30.7 Å². The molecule has 1 aliphatic carbocycles. The van der Waals surface area contributed by atoms with E-state index in [2.05, 4.69) is 10.9 Å². The zero-order chi connectivity index (χ0) is 14.9. The summed E-state index contributed by atoms with van der Waals surface area (Å²) >= 11 is 0. The van der Waals surface area contributed by atoms with Crippen LogP contribution >= 0.6 is 0 Å². The van der Waals surface area contributed by atoms with Crippen LogP contribution < -0.4 is 10.9 Å². The van der Waals surface area contributed by atoms with Crippen LogP contribution in [0.4, 0.5) is 0 Å². The predicted molar refractivity (Wildman–Crippen MR) is 82.2 cm³/mol. The molecule has 0 aromatic heterocycles. The predicted octanol–water partition coefficient (Wildman–Crippen LogP) is 2.74. The van der Waals surface area contributed by atoms with Crippen molar-refractivity contribution in [2.75, 3.05) is 0 Å². The van der Waals surface area contributed by atoms with E-state index in [1.54, 1.807) is 0 Å². The monoisotopic (exact) mass is 288 g/mol. The largest absolute Gasteiger partial charge is 0.273 e. The lowest BCUT2D eigenvalue weighted by Crippen LogP contribution is -2.42. The van der Waals surface area contributed by atoms with Crippen molar-refractivity contribution in [1.29, 1.82) is 0 Å². The van der Waals surface area contributed by atoms with E-state index >= 15 is 0 Å². The Morgan fingerprint density at radius 1 is 0.952 bits per heavy atom. The second-order valence-corrected chi connectivity index (χ2v) is 5.79. The van der Waals surface area contributed by atoms with Crippen molar-refractivity contribution in [2.45, 2.75) is 51.4 Å². The third-order valence-corrected chi connectivity index (χ3v) is 4.02. The Morgan fingerprint density at radius 2 is 1.62 bits per heavy atom. The van der Waals surface area contributed by atoms with Crippen LogP contribution in [0.15, 0.2) is 30.3 Å². The van der Waals surface area contributed by atoms with E-state index < -0.39 is 0 Å². The minimum atomic E-state index is -0.143. The van der Waals surface area contributed by atoms with Crippen LogP contribution in [0.3, 0.4) is 0 Å². The van der Waals surface area contributed by atoms with E-state index in [1.165, 1.54) is 19.3 Å². The average Bonchev–Trinajstić information content (AvgIpc) is 2.53. The maximum atomic E-state index is 11.8. The highest BCUT2D eigenvalue weighted by atomic mass is 16.2. The highest BCUT2D eigenvalue weighted by Gasteiger charge is 2.17.